The lowest BCUT2D eigenvalue weighted by atomic mass is 10.0. The summed E-state index contributed by atoms with van der Waals surface area (Å²) in [7, 11) is 1.95. The van der Waals surface area contributed by atoms with Gasteiger partial charge in [-0.2, -0.15) is 0 Å². The van der Waals surface area contributed by atoms with Crippen molar-refractivity contribution in [1.82, 2.24) is 10.3 Å². The van der Waals surface area contributed by atoms with E-state index in [0.717, 1.165) is 17.7 Å². The highest BCUT2D eigenvalue weighted by atomic mass is 35.5. The molecule has 0 radical (unpaired) electrons. The van der Waals surface area contributed by atoms with E-state index in [4.69, 9.17) is 16.3 Å². The van der Waals surface area contributed by atoms with Crippen molar-refractivity contribution in [3.8, 4) is 11.5 Å². The first-order valence-corrected chi connectivity index (χ1v) is 6.67. The number of halogens is 1. The van der Waals surface area contributed by atoms with Gasteiger partial charge in [-0.15, -0.1) is 0 Å². The molecular weight excluding hydrogens is 260 g/mol. The minimum atomic E-state index is 0.267. The molecule has 0 fully saturated rings. The molecule has 0 bridgehead atoms. The van der Waals surface area contributed by atoms with Crippen molar-refractivity contribution in [3.63, 3.8) is 0 Å². The van der Waals surface area contributed by atoms with Crippen LogP contribution in [0.25, 0.3) is 0 Å². The van der Waals surface area contributed by atoms with E-state index in [9.17, 15) is 0 Å². The third-order valence-electron chi connectivity index (χ3n) is 2.96. The second-order valence-electron chi connectivity index (χ2n) is 4.23. The zero-order valence-corrected chi connectivity index (χ0v) is 11.8. The molecule has 0 saturated carbocycles. The molecule has 19 heavy (non-hydrogen) atoms. The fraction of sp³-hybridized carbons (Fsp3) is 0.267. The van der Waals surface area contributed by atoms with Gasteiger partial charge >= 0.3 is 0 Å². The lowest BCUT2D eigenvalue weighted by molar-refractivity contribution is 0.457. The predicted molar refractivity (Wildman–Crippen MR) is 77.9 cm³/mol. The number of pyridine rings is 1. The maximum absolute atomic E-state index is 5.91. The molecule has 2 aromatic rings. The number of nitrogens with one attached hydrogen (secondary N) is 1. The Labute approximate surface area is 118 Å². The summed E-state index contributed by atoms with van der Waals surface area (Å²) in [5.41, 5.74) is 1.13. The van der Waals surface area contributed by atoms with E-state index in [0.29, 0.717) is 10.8 Å². The minimum Gasteiger partial charge on any atom is -0.455 e. The first-order valence-electron chi connectivity index (χ1n) is 6.29. The molecular formula is C15H17ClN2O. The summed E-state index contributed by atoms with van der Waals surface area (Å²) >= 11 is 5.91. The van der Waals surface area contributed by atoms with Crippen LogP contribution in [-0.2, 0) is 0 Å². The van der Waals surface area contributed by atoms with Crippen molar-refractivity contribution in [2.45, 2.75) is 19.4 Å². The third-order valence-corrected chi connectivity index (χ3v) is 3.17. The van der Waals surface area contributed by atoms with Gasteiger partial charge in [-0.25, -0.2) is 0 Å². The number of para-hydroxylation sites is 1. The number of nitrogens with zero attached hydrogens (tertiary/aromatic N) is 1. The highest BCUT2D eigenvalue weighted by Crippen LogP contribution is 2.31. The number of aromatic nitrogens is 1. The number of hydrogen-bond acceptors (Lipinski definition) is 3. The lowest BCUT2D eigenvalue weighted by Crippen LogP contribution is -2.15. The first kappa shape index (κ1) is 13.8. The van der Waals surface area contributed by atoms with E-state index in [2.05, 4.69) is 23.3 Å². The van der Waals surface area contributed by atoms with Crippen molar-refractivity contribution in [3.05, 3.63) is 53.3 Å². The smallest absolute Gasteiger partial charge is 0.147 e. The molecule has 0 amide bonds. The Morgan fingerprint density at radius 2 is 2.11 bits per heavy atom. The van der Waals surface area contributed by atoms with Crippen LogP contribution < -0.4 is 10.1 Å². The third kappa shape index (κ3) is 3.46. The summed E-state index contributed by atoms with van der Waals surface area (Å²) in [4.78, 5) is 4.02. The second-order valence-corrected chi connectivity index (χ2v) is 4.66. The predicted octanol–water partition coefficient (Wildman–Crippen LogP) is 4.20. The zero-order valence-electron chi connectivity index (χ0n) is 11.1. The summed E-state index contributed by atoms with van der Waals surface area (Å²) in [6, 6.07) is 10.0. The summed E-state index contributed by atoms with van der Waals surface area (Å²) in [6.07, 6.45) is 4.23. The first-order chi connectivity index (χ1) is 9.24. The average molecular weight is 277 g/mol. The number of benzene rings is 1. The van der Waals surface area contributed by atoms with Gasteiger partial charge in [0.25, 0.3) is 0 Å². The lowest BCUT2D eigenvalue weighted by Gasteiger charge is -2.18. The van der Waals surface area contributed by atoms with Crippen LogP contribution in [-0.4, -0.2) is 12.0 Å². The topological polar surface area (TPSA) is 34.1 Å². The van der Waals surface area contributed by atoms with Crippen molar-refractivity contribution in [1.29, 1.82) is 0 Å². The van der Waals surface area contributed by atoms with Crippen molar-refractivity contribution in [2.75, 3.05) is 7.05 Å². The van der Waals surface area contributed by atoms with E-state index in [-0.39, 0.29) is 6.04 Å². The van der Waals surface area contributed by atoms with Crippen LogP contribution in [0.4, 0.5) is 0 Å². The molecule has 2 rings (SSSR count). The molecule has 1 aromatic heterocycles. The van der Waals surface area contributed by atoms with Crippen LogP contribution in [0.2, 0.25) is 5.02 Å². The largest absolute Gasteiger partial charge is 0.455 e. The van der Waals surface area contributed by atoms with Gasteiger partial charge in [0.2, 0.25) is 0 Å². The molecule has 1 aromatic carbocycles. The van der Waals surface area contributed by atoms with Crippen LogP contribution >= 0.6 is 11.6 Å². The monoisotopic (exact) mass is 276 g/mol. The molecule has 0 aliphatic rings. The molecule has 0 aliphatic heterocycles. The summed E-state index contributed by atoms with van der Waals surface area (Å²) < 4.78 is 5.89. The second kappa shape index (κ2) is 6.55. The Morgan fingerprint density at radius 3 is 2.79 bits per heavy atom. The van der Waals surface area contributed by atoms with E-state index < -0.39 is 0 Å². The average Bonchev–Trinajstić information content (AvgIpc) is 2.42. The summed E-state index contributed by atoms with van der Waals surface area (Å²) in [5.74, 6) is 1.47. The van der Waals surface area contributed by atoms with Crippen LogP contribution in [0.1, 0.15) is 24.9 Å². The van der Waals surface area contributed by atoms with E-state index in [1.54, 1.807) is 18.5 Å². The Hall–Kier alpha value is -1.58. The fourth-order valence-corrected chi connectivity index (χ4v) is 2.18. The molecule has 0 spiro atoms. The van der Waals surface area contributed by atoms with E-state index in [1.165, 1.54) is 0 Å². The van der Waals surface area contributed by atoms with Crippen LogP contribution in [0.3, 0.4) is 0 Å². The number of rotatable bonds is 5. The Kier molecular flexibility index (Phi) is 4.77. The Morgan fingerprint density at radius 1 is 1.32 bits per heavy atom. The van der Waals surface area contributed by atoms with Gasteiger partial charge in [-0.05, 0) is 19.5 Å². The minimum absolute atomic E-state index is 0.267. The van der Waals surface area contributed by atoms with Gasteiger partial charge in [0, 0.05) is 23.9 Å². The summed E-state index contributed by atoms with van der Waals surface area (Å²) in [6.45, 7) is 2.14. The molecule has 1 N–H and O–H groups in total. The van der Waals surface area contributed by atoms with Crippen LogP contribution in [0.15, 0.2) is 42.7 Å². The van der Waals surface area contributed by atoms with Gasteiger partial charge in [-0.3, -0.25) is 4.98 Å². The molecule has 4 heteroatoms. The maximum atomic E-state index is 5.91. The quantitative estimate of drug-likeness (QED) is 0.889. The van der Waals surface area contributed by atoms with Crippen molar-refractivity contribution >= 4 is 11.6 Å². The standard InChI is InChI=1S/C15H17ClN2O/c1-3-14(17-2)13-6-4-5-7-15(13)19-12-8-11(16)9-18-10-12/h4-10,14,17H,3H2,1-2H3. The highest BCUT2D eigenvalue weighted by Gasteiger charge is 2.12. The highest BCUT2D eigenvalue weighted by molar-refractivity contribution is 6.30. The van der Waals surface area contributed by atoms with E-state index >= 15 is 0 Å². The van der Waals surface area contributed by atoms with E-state index in [1.807, 2.05) is 25.2 Å². The fourth-order valence-electron chi connectivity index (χ4n) is 2.02. The Balaban J connectivity index is 2.30. The van der Waals surface area contributed by atoms with Crippen LogP contribution in [0, 0.1) is 0 Å². The molecule has 0 aliphatic carbocycles. The normalized spacial score (nSPS) is 12.2. The molecule has 3 nitrogen and oxygen atoms in total. The van der Waals surface area contributed by atoms with Gasteiger partial charge in [0.05, 0.1) is 11.2 Å². The molecule has 1 atom stereocenters. The van der Waals surface area contributed by atoms with Gasteiger partial charge < -0.3 is 10.1 Å². The van der Waals surface area contributed by atoms with Crippen LogP contribution in [0.5, 0.6) is 11.5 Å². The van der Waals surface area contributed by atoms with Crippen molar-refractivity contribution < 1.29 is 4.74 Å². The molecule has 0 saturated heterocycles. The van der Waals surface area contributed by atoms with Crippen molar-refractivity contribution in [2.24, 2.45) is 0 Å². The molecule has 1 heterocycles. The molecule has 1 unspecified atom stereocenters. The zero-order chi connectivity index (χ0) is 13.7. The van der Waals surface area contributed by atoms with Gasteiger partial charge in [-0.1, -0.05) is 36.7 Å². The maximum Gasteiger partial charge on any atom is 0.147 e. The number of hydrogen-bond donors (Lipinski definition) is 1. The molecule has 100 valence electrons. The van der Waals surface area contributed by atoms with Gasteiger partial charge in [0.15, 0.2) is 0 Å². The Bertz CT molecular complexity index is 541. The SMILES string of the molecule is CCC(NC)c1ccccc1Oc1cncc(Cl)c1. The summed E-state index contributed by atoms with van der Waals surface area (Å²) in [5, 5.41) is 3.85. The number of ether oxygens (including phenoxy) is 1. The van der Waals surface area contributed by atoms with Gasteiger partial charge in [0.1, 0.15) is 11.5 Å².